The SMILES string of the molecule is [CH3-].[CH3-].[CH3-].[CH3-].[CH3-].[CH3-].[CH3-].[CH3-].[CH3-].[CH3-].[Zn].[Zn].c1cc[cH-]c1.c1cc[cH-]c1. The molecule has 0 saturated heterocycles. The van der Waals surface area contributed by atoms with Crippen molar-refractivity contribution >= 4 is 0 Å². The number of rotatable bonds is 0. The Morgan fingerprint density at radius 1 is 0.318 bits per heavy atom. The Kier molecular flexibility index (Phi) is 373. The van der Waals surface area contributed by atoms with Crippen molar-refractivity contribution in [2.45, 2.75) is 0 Å². The quantitative estimate of drug-likeness (QED) is 0.315. The number of hydrogen-bond acceptors (Lipinski definition) is 0. The summed E-state index contributed by atoms with van der Waals surface area (Å²) in [4.78, 5) is 0. The standard InChI is InChI=1S/2C5H5.10CH3.2Zn/c2*1-2-4-5-3-1;;;;;;;;;;;;/h2*1-5H;10*1H3;;/q12*-1;;. The summed E-state index contributed by atoms with van der Waals surface area (Å²) in [5, 5.41) is 0. The predicted octanol–water partition coefficient (Wildman–Crippen LogP) is 7.31. The van der Waals surface area contributed by atoms with E-state index in [0.717, 1.165) is 0 Å². The maximum atomic E-state index is 2.00. The van der Waals surface area contributed by atoms with Crippen LogP contribution in [0.4, 0.5) is 0 Å². The molecule has 136 valence electrons. The van der Waals surface area contributed by atoms with Gasteiger partial charge in [0.05, 0.1) is 0 Å². The van der Waals surface area contributed by atoms with Crippen molar-refractivity contribution in [3.05, 3.63) is 135 Å². The van der Waals surface area contributed by atoms with Gasteiger partial charge >= 0.3 is 0 Å². The van der Waals surface area contributed by atoms with E-state index in [1.807, 2.05) is 60.7 Å². The summed E-state index contributed by atoms with van der Waals surface area (Å²) in [5.74, 6) is 0. The monoisotopic (exact) mass is 408 g/mol. The van der Waals surface area contributed by atoms with Gasteiger partial charge in [-0.3, -0.25) is 0 Å². The van der Waals surface area contributed by atoms with E-state index in [1.54, 1.807) is 0 Å². The van der Waals surface area contributed by atoms with Crippen LogP contribution in [0.25, 0.3) is 0 Å². The molecule has 0 aliphatic carbocycles. The molecular formula is C20H40Zn2-12. The molecule has 0 radical (unpaired) electrons. The van der Waals surface area contributed by atoms with Crippen LogP contribution >= 0.6 is 0 Å². The third-order valence-corrected chi connectivity index (χ3v) is 1.11. The van der Waals surface area contributed by atoms with Crippen LogP contribution in [0.2, 0.25) is 0 Å². The van der Waals surface area contributed by atoms with Crippen LogP contribution in [0.5, 0.6) is 0 Å². The smallest absolute Gasteiger partial charge is 0 e. The minimum absolute atomic E-state index is 0. The van der Waals surface area contributed by atoms with Gasteiger partial charge in [0.2, 0.25) is 0 Å². The second-order valence-electron chi connectivity index (χ2n) is 1.92. The van der Waals surface area contributed by atoms with Crippen molar-refractivity contribution in [2.24, 2.45) is 0 Å². The third-order valence-electron chi connectivity index (χ3n) is 1.11. The molecule has 0 unspecified atom stereocenters. The summed E-state index contributed by atoms with van der Waals surface area (Å²) in [7, 11) is 0. The molecule has 0 heterocycles. The van der Waals surface area contributed by atoms with E-state index in [2.05, 4.69) is 0 Å². The van der Waals surface area contributed by atoms with Gasteiger partial charge in [0.25, 0.3) is 0 Å². The van der Waals surface area contributed by atoms with E-state index in [9.17, 15) is 0 Å². The van der Waals surface area contributed by atoms with Gasteiger partial charge in [-0.15, -0.1) is 0 Å². The topological polar surface area (TPSA) is 0 Å². The van der Waals surface area contributed by atoms with Crippen LogP contribution in [0.3, 0.4) is 0 Å². The Morgan fingerprint density at radius 3 is 0.500 bits per heavy atom. The van der Waals surface area contributed by atoms with E-state index in [1.165, 1.54) is 0 Å². The molecule has 0 atom stereocenters. The second-order valence-corrected chi connectivity index (χ2v) is 1.92. The van der Waals surface area contributed by atoms with Crippen LogP contribution in [0.15, 0.2) is 60.7 Å². The summed E-state index contributed by atoms with van der Waals surface area (Å²) < 4.78 is 0. The molecule has 2 rings (SSSR count). The molecule has 0 aromatic heterocycles. The fourth-order valence-electron chi connectivity index (χ4n) is 0.642. The Bertz CT molecular complexity index is 149. The Hall–Kier alpha value is -0.0532. The molecule has 2 aromatic rings. The largest absolute Gasteiger partial charge is 0.358 e. The normalized spacial score (nSPS) is 3.64. The Labute approximate surface area is 173 Å². The minimum atomic E-state index is 0. The molecule has 0 bridgehead atoms. The summed E-state index contributed by atoms with van der Waals surface area (Å²) in [6.07, 6.45) is 0. The zero-order valence-electron chi connectivity index (χ0n) is 17.2. The maximum absolute atomic E-state index is 2.00. The van der Waals surface area contributed by atoms with E-state index < -0.39 is 0 Å². The summed E-state index contributed by atoms with van der Waals surface area (Å²) >= 11 is 0. The third kappa shape index (κ3) is 72.4. The van der Waals surface area contributed by atoms with Crippen molar-refractivity contribution in [2.75, 3.05) is 0 Å². The Morgan fingerprint density at radius 2 is 0.455 bits per heavy atom. The summed E-state index contributed by atoms with van der Waals surface area (Å²) in [5.41, 5.74) is 0. The van der Waals surface area contributed by atoms with Gasteiger partial charge in [0, 0.05) is 39.0 Å². The van der Waals surface area contributed by atoms with Crippen molar-refractivity contribution < 1.29 is 39.0 Å². The Balaban J connectivity index is -0.00000000588. The first-order valence-electron chi connectivity index (χ1n) is 3.33. The van der Waals surface area contributed by atoms with Gasteiger partial charge in [0.1, 0.15) is 0 Å². The van der Waals surface area contributed by atoms with Gasteiger partial charge in [-0.1, -0.05) is 0 Å². The molecule has 22 heavy (non-hydrogen) atoms. The van der Waals surface area contributed by atoms with Crippen LogP contribution < -0.4 is 0 Å². The predicted molar refractivity (Wildman–Crippen MR) is 108 cm³/mol. The first-order chi connectivity index (χ1) is 5.00. The van der Waals surface area contributed by atoms with Crippen LogP contribution in [0, 0.1) is 74.3 Å². The first-order valence-corrected chi connectivity index (χ1v) is 3.33. The van der Waals surface area contributed by atoms with E-state index in [4.69, 9.17) is 0 Å². The summed E-state index contributed by atoms with van der Waals surface area (Å²) in [6, 6.07) is 20.0. The van der Waals surface area contributed by atoms with Gasteiger partial charge in [-0.05, 0) is 0 Å². The zero-order chi connectivity index (χ0) is 7.07. The second kappa shape index (κ2) is 84.2. The van der Waals surface area contributed by atoms with Crippen LogP contribution in [-0.4, -0.2) is 0 Å². The maximum Gasteiger partial charge on any atom is 0 e. The summed E-state index contributed by atoms with van der Waals surface area (Å²) in [6.45, 7) is 0. The first kappa shape index (κ1) is 97.3. The molecule has 0 N–H and O–H groups in total. The van der Waals surface area contributed by atoms with Crippen molar-refractivity contribution in [1.82, 2.24) is 0 Å². The average Bonchev–Trinajstić information content (AvgIpc) is 2.67. The van der Waals surface area contributed by atoms with E-state index >= 15 is 0 Å². The molecule has 0 spiro atoms. The molecule has 2 heteroatoms. The minimum Gasteiger partial charge on any atom is -0.358 e. The van der Waals surface area contributed by atoms with Crippen LogP contribution in [-0.2, 0) is 39.0 Å². The molecule has 0 saturated carbocycles. The van der Waals surface area contributed by atoms with Gasteiger partial charge in [-0.2, -0.15) is 36.4 Å². The number of hydrogen-bond donors (Lipinski definition) is 0. The van der Waals surface area contributed by atoms with Gasteiger partial charge in [-0.25, -0.2) is 24.3 Å². The fourth-order valence-corrected chi connectivity index (χ4v) is 0.642. The fraction of sp³-hybridized carbons (Fsp3) is 0. The average molecular weight is 411 g/mol. The van der Waals surface area contributed by atoms with E-state index in [-0.39, 0.29) is 113 Å². The molecule has 0 aliphatic heterocycles. The molecular weight excluding hydrogens is 371 g/mol. The molecule has 2 aromatic carbocycles. The molecule has 0 amide bonds. The van der Waals surface area contributed by atoms with Gasteiger partial charge < -0.3 is 74.3 Å². The van der Waals surface area contributed by atoms with E-state index in [0.29, 0.717) is 0 Å². The molecule has 0 nitrogen and oxygen atoms in total. The van der Waals surface area contributed by atoms with Crippen molar-refractivity contribution in [3.8, 4) is 0 Å². The van der Waals surface area contributed by atoms with Gasteiger partial charge in [0.15, 0.2) is 0 Å². The van der Waals surface area contributed by atoms with Crippen LogP contribution in [0.1, 0.15) is 0 Å². The molecule has 0 fully saturated rings. The molecule has 0 aliphatic rings. The van der Waals surface area contributed by atoms with Crippen molar-refractivity contribution in [3.63, 3.8) is 0 Å². The van der Waals surface area contributed by atoms with Crippen molar-refractivity contribution in [1.29, 1.82) is 0 Å². The zero-order valence-corrected chi connectivity index (χ0v) is 23.1.